The highest BCUT2D eigenvalue weighted by Crippen LogP contribution is 2.27. The molecule has 0 spiro atoms. The summed E-state index contributed by atoms with van der Waals surface area (Å²) in [4.78, 5) is 34.9. The van der Waals surface area contributed by atoms with Crippen molar-refractivity contribution in [3.63, 3.8) is 0 Å². The highest BCUT2D eigenvalue weighted by molar-refractivity contribution is 6.05. The first-order chi connectivity index (χ1) is 14.2. The van der Waals surface area contributed by atoms with Gasteiger partial charge in [-0.05, 0) is 42.7 Å². The number of aryl methyl sites for hydroxylation is 1. The third-order valence-electron chi connectivity index (χ3n) is 4.78. The largest absolute Gasteiger partial charge is 0.465 e. The minimum Gasteiger partial charge on any atom is -0.465 e. The Hall–Kier alpha value is -3.74. The van der Waals surface area contributed by atoms with Crippen molar-refractivity contribution in [2.45, 2.75) is 12.8 Å². The highest BCUT2D eigenvalue weighted by Gasteiger charge is 2.24. The number of fused-ring (bicyclic) bond motifs is 1. The van der Waals surface area contributed by atoms with Crippen molar-refractivity contribution in [3.8, 4) is 0 Å². The number of hydrogen-bond donors (Lipinski definition) is 1. The van der Waals surface area contributed by atoms with Gasteiger partial charge in [0.1, 0.15) is 11.5 Å². The quantitative estimate of drug-likeness (QED) is 0.688. The summed E-state index contributed by atoms with van der Waals surface area (Å²) in [5.41, 5.74) is 3.50. The average Bonchev–Trinajstić information content (AvgIpc) is 2.78. The van der Waals surface area contributed by atoms with Crippen molar-refractivity contribution in [1.82, 2.24) is 9.97 Å². The molecule has 0 radical (unpaired) electrons. The summed E-state index contributed by atoms with van der Waals surface area (Å²) in [6.45, 7) is 0.665. The van der Waals surface area contributed by atoms with Crippen LogP contribution in [-0.2, 0) is 11.2 Å². The predicted molar refractivity (Wildman–Crippen MR) is 110 cm³/mol. The summed E-state index contributed by atoms with van der Waals surface area (Å²) in [5, 5.41) is 3.08. The third-order valence-corrected chi connectivity index (χ3v) is 4.78. The molecule has 0 unspecified atom stereocenters. The molecule has 0 aliphatic carbocycles. The zero-order valence-corrected chi connectivity index (χ0v) is 16.0. The normalized spacial score (nSPS) is 12.8. The second-order valence-electron chi connectivity index (χ2n) is 6.67. The number of rotatable bonds is 4. The predicted octanol–water partition coefficient (Wildman–Crippen LogP) is 3.60. The van der Waals surface area contributed by atoms with Crippen LogP contribution in [0, 0.1) is 0 Å². The number of nitrogens with zero attached hydrogens (tertiary/aromatic N) is 3. The van der Waals surface area contributed by atoms with Gasteiger partial charge in [0.2, 0.25) is 0 Å². The number of carbonyl (C=O) groups is 2. The first-order valence-electron chi connectivity index (χ1n) is 9.33. The van der Waals surface area contributed by atoms with Crippen LogP contribution in [0.1, 0.15) is 32.8 Å². The summed E-state index contributed by atoms with van der Waals surface area (Å²) >= 11 is 0. The van der Waals surface area contributed by atoms with Crippen molar-refractivity contribution in [2.75, 3.05) is 23.9 Å². The fraction of sp³-hybridized carbons (Fsp3) is 0.182. The maximum absolute atomic E-state index is 12.9. The van der Waals surface area contributed by atoms with Gasteiger partial charge in [0, 0.05) is 17.9 Å². The van der Waals surface area contributed by atoms with Gasteiger partial charge < -0.3 is 15.0 Å². The zero-order chi connectivity index (χ0) is 20.2. The van der Waals surface area contributed by atoms with Crippen LogP contribution in [-0.4, -0.2) is 35.5 Å². The SMILES string of the molecule is COC(=O)c1cccc(Nc2cnc(C(=O)N3CCCc4ccccc43)cn2)c1. The van der Waals surface area contributed by atoms with Gasteiger partial charge in [-0.1, -0.05) is 24.3 Å². The zero-order valence-electron chi connectivity index (χ0n) is 16.0. The lowest BCUT2D eigenvalue weighted by Crippen LogP contribution is -2.36. The maximum Gasteiger partial charge on any atom is 0.337 e. The van der Waals surface area contributed by atoms with E-state index in [2.05, 4.69) is 21.4 Å². The Morgan fingerprint density at radius 2 is 1.93 bits per heavy atom. The van der Waals surface area contributed by atoms with Crippen LogP contribution >= 0.6 is 0 Å². The second-order valence-corrected chi connectivity index (χ2v) is 6.67. The molecule has 0 fully saturated rings. The lowest BCUT2D eigenvalue weighted by atomic mass is 10.0. The minimum atomic E-state index is -0.414. The molecule has 1 N–H and O–H groups in total. The maximum atomic E-state index is 12.9. The molecule has 0 saturated heterocycles. The van der Waals surface area contributed by atoms with Crippen LogP contribution < -0.4 is 10.2 Å². The Morgan fingerprint density at radius 1 is 1.07 bits per heavy atom. The molecule has 2 aromatic carbocycles. The summed E-state index contributed by atoms with van der Waals surface area (Å²) < 4.78 is 4.73. The summed E-state index contributed by atoms with van der Waals surface area (Å²) in [7, 11) is 1.34. The van der Waals surface area contributed by atoms with Crippen molar-refractivity contribution in [3.05, 3.63) is 77.7 Å². The molecular formula is C22H20N4O3. The number of hydrogen-bond acceptors (Lipinski definition) is 6. The molecule has 0 saturated carbocycles. The number of carbonyl (C=O) groups excluding carboxylic acids is 2. The molecule has 1 aromatic heterocycles. The van der Waals surface area contributed by atoms with Gasteiger partial charge in [-0.15, -0.1) is 0 Å². The van der Waals surface area contributed by atoms with Crippen molar-refractivity contribution < 1.29 is 14.3 Å². The minimum absolute atomic E-state index is 0.163. The molecule has 1 aliphatic rings. The fourth-order valence-corrected chi connectivity index (χ4v) is 3.38. The van der Waals surface area contributed by atoms with Crippen LogP contribution in [0.3, 0.4) is 0 Å². The van der Waals surface area contributed by atoms with Crippen molar-refractivity contribution in [1.29, 1.82) is 0 Å². The van der Waals surface area contributed by atoms with Crippen molar-refractivity contribution >= 4 is 29.1 Å². The summed E-state index contributed by atoms with van der Waals surface area (Å²) in [6.07, 6.45) is 4.87. The molecule has 29 heavy (non-hydrogen) atoms. The standard InChI is InChI=1S/C22H20N4O3/c1-29-22(28)16-7-4-9-17(12-16)25-20-14-23-18(13-24-20)21(27)26-11-5-8-15-6-2-3-10-19(15)26/h2-4,6-7,9-10,12-14H,5,8,11H2,1H3,(H,24,25). The number of ether oxygens (including phenoxy) is 1. The van der Waals surface area contributed by atoms with E-state index < -0.39 is 5.97 Å². The van der Waals surface area contributed by atoms with Gasteiger partial charge in [-0.3, -0.25) is 4.79 Å². The van der Waals surface area contributed by atoms with Gasteiger partial charge in [-0.2, -0.15) is 0 Å². The van der Waals surface area contributed by atoms with Crippen LogP contribution in [0.4, 0.5) is 17.2 Å². The topological polar surface area (TPSA) is 84.4 Å². The molecule has 1 aliphatic heterocycles. The Bertz CT molecular complexity index is 1050. The Balaban J connectivity index is 1.50. The van der Waals surface area contributed by atoms with Gasteiger partial charge in [0.25, 0.3) is 5.91 Å². The molecular weight excluding hydrogens is 368 g/mol. The average molecular weight is 388 g/mol. The van der Waals surface area contributed by atoms with Crippen LogP contribution in [0.2, 0.25) is 0 Å². The molecule has 1 amide bonds. The van der Waals surface area contributed by atoms with Gasteiger partial charge >= 0.3 is 5.97 Å². The number of benzene rings is 2. The Kier molecular flexibility index (Phi) is 5.20. The van der Waals surface area contributed by atoms with E-state index in [-0.39, 0.29) is 11.6 Å². The first-order valence-corrected chi connectivity index (χ1v) is 9.33. The smallest absolute Gasteiger partial charge is 0.337 e. The number of methoxy groups -OCH3 is 1. The fourth-order valence-electron chi connectivity index (χ4n) is 3.38. The van der Waals surface area contributed by atoms with E-state index in [0.29, 0.717) is 23.6 Å². The van der Waals surface area contributed by atoms with E-state index in [1.165, 1.54) is 25.1 Å². The molecule has 7 heteroatoms. The van der Waals surface area contributed by atoms with E-state index in [1.807, 2.05) is 18.2 Å². The third kappa shape index (κ3) is 3.94. The number of esters is 1. The van der Waals surface area contributed by atoms with E-state index in [4.69, 9.17) is 4.74 Å². The van der Waals surface area contributed by atoms with Crippen LogP contribution in [0.15, 0.2) is 60.9 Å². The highest BCUT2D eigenvalue weighted by atomic mass is 16.5. The molecule has 146 valence electrons. The first kappa shape index (κ1) is 18.6. The number of amides is 1. The lowest BCUT2D eigenvalue weighted by molar-refractivity contribution is 0.0600. The molecule has 7 nitrogen and oxygen atoms in total. The Morgan fingerprint density at radius 3 is 2.72 bits per heavy atom. The molecule has 3 aromatic rings. The van der Waals surface area contributed by atoms with E-state index >= 15 is 0 Å². The van der Waals surface area contributed by atoms with E-state index in [1.54, 1.807) is 29.2 Å². The molecule has 4 rings (SSSR count). The van der Waals surface area contributed by atoms with Gasteiger partial charge in [0.05, 0.1) is 25.1 Å². The van der Waals surface area contributed by atoms with E-state index in [0.717, 1.165) is 18.5 Å². The van der Waals surface area contributed by atoms with Crippen molar-refractivity contribution in [2.24, 2.45) is 0 Å². The summed E-state index contributed by atoms with van der Waals surface area (Å²) in [5.74, 6) is -0.103. The molecule has 0 bridgehead atoms. The summed E-state index contributed by atoms with van der Waals surface area (Å²) in [6, 6.07) is 14.8. The van der Waals surface area contributed by atoms with Gasteiger partial charge in [-0.25, -0.2) is 14.8 Å². The molecule has 0 atom stereocenters. The number of aromatic nitrogens is 2. The number of anilines is 3. The van der Waals surface area contributed by atoms with Crippen LogP contribution in [0.5, 0.6) is 0 Å². The lowest BCUT2D eigenvalue weighted by Gasteiger charge is -2.29. The second kappa shape index (κ2) is 8.10. The number of para-hydroxylation sites is 1. The van der Waals surface area contributed by atoms with Gasteiger partial charge in [0.15, 0.2) is 0 Å². The Labute approximate surface area is 168 Å². The monoisotopic (exact) mass is 388 g/mol. The molecule has 2 heterocycles. The number of nitrogens with one attached hydrogen (secondary N) is 1. The van der Waals surface area contributed by atoms with Crippen LogP contribution in [0.25, 0.3) is 0 Å². The van der Waals surface area contributed by atoms with E-state index in [9.17, 15) is 9.59 Å².